The number of halogens is 4. The minimum Gasteiger partial charge on any atom is -0.491 e. The highest BCUT2D eigenvalue weighted by molar-refractivity contribution is 5.99. The molecule has 0 saturated carbocycles. The van der Waals surface area contributed by atoms with Crippen molar-refractivity contribution in [2.45, 2.75) is 37.7 Å². The molecule has 0 aromatic heterocycles. The van der Waals surface area contributed by atoms with Crippen LogP contribution in [0.15, 0.2) is 42.5 Å². The Morgan fingerprint density at radius 2 is 1.63 bits per heavy atom. The van der Waals surface area contributed by atoms with Crippen molar-refractivity contribution in [3.63, 3.8) is 0 Å². The first-order valence-corrected chi connectivity index (χ1v) is 12.6. The lowest BCUT2D eigenvalue weighted by atomic mass is 9.99. The first-order chi connectivity index (χ1) is 19.3. The van der Waals surface area contributed by atoms with Gasteiger partial charge in [-0.3, -0.25) is 14.4 Å². The fourth-order valence-corrected chi connectivity index (χ4v) is 3.76. The summed E-state index contributed by atoms with van der Waals surface area (Å²) in [4.78, 5) is 40.0. The molecule has 2 aromatic rings. The molecule has 0 spiro atoms. The number of carbonyl (C=O) groups is 3. The number of nitrogens with zero attached hydrogens (tertiary/aromatic N) is 1. The summed E-state index contributed by atoms with van der Waals surface area (Å²) in [7, 11) is 0. The topological polar surface area (TPSA) is 186 Å². The number of nitrogens with two attached hydrogens (primary N) is 3. The standard InChI is InChI=1S/C26H34F4N6O5/c1-2-41-20-8-7-17(13-18(20)27)34-25(40)22(23(38)15-3-5-16(6-4-15)26(28,29)30)35-24(39)19(33)14-21(37)36(11-9-31)12-10-32/h3-8,13,19,22-23,38H,2,9-12,14,31-33H2,1H3,(H,34,40)(H,35,39)/t19-,22-,23+/m0/s1. The molecule has 0 saturated heterocycles. The van der Waals surface area contributed by atoms with Gasteiger partial charge in [0, 0.05) is 37.9 Å². The average molecular weight is 587 g/mol. The summed E-state index contributed by atoms with van der Waals surface area (Å²) >= 11 is 0. The maximum absolute atomic E-state index is 14.3. The average Bonchev–Trinajstić information content (AvgIpc) is 2.92. The molecular formula is C26H34F4N6O5. The van der Waals surface area contributed by atoms with E-state index in [4.69, 9.17) is 21.9 Å². The normalized spacial score (nSPS) is 13.6. The monoisotopic (exact) mass is 586 g/mol. The molecule has 2 aromatic carbocycles. The van der Waals surface area contributed by atoms with Crippen LogP contribution < -0.4 is 32.6 Å². The van der Waals surface area contributed by atoms with E-state index in [0.717, 1.165) is 18.2 Å². The molecule has 11 nitrogen and oxygen atoms in total. The Balaban J connectivity index is 2.30. The molecule has 2 rings (SSSR count). The van der Waals surface area contributed by atoms with Crippen molar-refractivity contribution in [3.05, 3.63) is 59.4 Å². The molecule has 0 bridgehead atoms. The van der Waals surface area contributed by atoms with Crippen LogP contribution >= 0.6 is 0 Å². The van der Waals surface area contributed by atoms with Crippen LogP contribution in [0, 0.1) is 5.82 Å². The molecule has 0 fully saturated rings. The van der Waals surface area contributed by atoms with E-state index in [-0.39, 0.29) is 49.8 Å². The van der Waals surface area contributed by atoms with E-state index in [1.165, 1.54) is 17.0 Å². The van der Waals surface area contributed by atoms with Gasteiger partial charge >= 0.3 is 6.18 Å². The number of benzene rings is 2. The third-order valence-corrected chi connectivity index (χ3v) is 5.86. The van der Waals surface area contributed by atoms with E-state index < -0.39 is 59.9 Å². The predicted octanol–water partition coefficient (Wildman–Crippen LogP) is 0.864. The summed E-state index contributed by atoms with van der Waals surface area (Å²) in [5.74, 6) is -3.45. The Labute approximate surface area is 234 Å². The van der Waals surface area contributed by atoms with Gasteiger partial charge in [-0.15, -0.1) is 0 Å². The van der Waals surface area contributed by atoms with Gasteiger partial charge in [0.05, 0.1) is 24.6 Å². The van der Waals surface area contributed by atoms with Crippen LogP contribution in [0.2, 0.25) is 0 Å². The second kappa shape index (κ2) is 15.3. The molecule has 41 heavy (non-hydrogen) atoms. The summed E-state index contributed by atoms with van der Waals surface area (Å²) in [5.41, 5.74) is 15.7. The number of aliphatic hydroxyl groups excluding tert-OH is 1. The lowest BCUT2D eigenvalue weighted by Crippen LogP contribution is -2.53. The number of alkyl halides is 3. The zero-order chi connectivity index (χ0) is 30.7. The molecule has 0 aliphatic heterocycles. The summed E-state index contributed by atoms with van der Waals surface area (Å²) < 4.78 is 58.4. The van der Waals surface area contributed by atoms with E-state index in [1.807, 2.05) is 0 Å². The van der Waals surface area contributed by atoms with Crippen molar-refractivity contribution in [3.8, 4) is 5.75 Å². The summed E-state index contributed by atoms with van der Waals surface area (Å²) in [6.07, 6.45) is -6.99. The van der Waals surface area contributed by atoms with Crippen LogP contribution in [-0.4, -0.2) is 72.6 Å². The first kappa shape index (κ1) is 33.4. The van der Waals surface area contributed by atoms with Crippen LogP contribution in [0.25, 0.3) is 0 Å². The van der Waals surface area contributed by atoms with Crippen LogP contribution in [0.4, 0.5) is 23.2 Å². The Bertz CT molecular complexity index is 1180. The number of ether oxygens (including phenoxy) is 1. The van der Waals surface area contributed by atoms with E-state index in [2.05, 4.69) is 10.6 Å². The Kier molecular flexibility index (Phi) is 12.5. The van der Waals surface area contributed by atoms with Crippen LogP contribution in [-0.2, 0) is 20.6 Å². The predicted molar refractivity (Wildman–Crippen MR) is 142 cm³/mol. The van der Waals surface area contributed by atoms with E-state index in [1.54, 1.807) is 6.92 Å². The van der Waals surface area contributed by atoms with Crippen molar-refractivity contribution in [1.29, 1.82) is 0 Å². The van der Waals surface area contributed by atoms with Crippen LogP contribution in [0.1, 0.15) is 30.6 Å². The highest BCUT2D eigenvalue weighted by Crippen LogP contribution is 2.30. The van der Waals surface area contributed by atoms with Crippen molar-refractivity contribution in [1.82, 2.24) is 10.2 Å². The number of hydrogen-bond donors (Lipinski definition) is 6. The summed E-state index contributed by atoms with van der Waals surface area (Å²) in [6, 6.07) is 3.51. The van der Waals surface area contributed by atoms with E-state index in [0.29, 0.717) is 12.1 Å². The fraction of sp³-hybridized carbons (Fsp3) is 0.423. The summed E-state index contributed by atoms with van der Waals surface area (Å²) in [6.45, 7) is 2.45. The Morgan fingerprint density at radius 1 is 1.02 bits per heavy atom. The molecule has 15 heteroatoms. The fourth-order valence-electron chi connectivity index (χ4n) is 3.76. The van der Waals surface area contributed by atoms with Crippen LogP contribution in [0.5, 0.6) is 5.75 Å². The largest absolute Gasteiger partial charge is 0.491 e. The van der Waals surface area contributed by atoms with Gasteiger partial charge in [0.1, 0.15) is 12.1 Å². The molecule has 0 aliphatic carbocycles. The first-order valence-electron chi connectivity index (χ1n) is 12.6. The number of amides is 3. The van der Waals surface area contributed by atoms with Crippen molar-refractivity contribution < 1.29 is 41.8 Å². The SMILES string of the molecule is CCOc1ccc(NC(=O)[C@@H](NC(=O)[C@@H](N)CC(=O)N(CCN)CCN)[C@H](O)c2ccc(C(F)(F)F)cc2)cc1F. The molecule has 9 N–H and O–H groups in total. The second-order valence-electron chi connectivity index (χ2n) is 8.89. The molecule has 3 amide bonds. The van der Waals surface area contributed by atoms with Crippen LogP contribution in [0.3, 0.4) is 0 Å². The Morgan fingerprint density at radius 3 is 2.15 bits per heavy atom. The highest BCUT2D eigenvalue weighted by atomic mass is 19.4. The summed E-state index contributed by atoms with van der Waals surface area (Å²) in [5, 5.41) is 15.5. The number of rotatable bonds is 14. The number of carbonyl (C=O) groups excluding carboxylic acids is 3. The number of hydrogen-bond acceptors (Lipinski definition) is 8. The number of anilines is 1. The zero-order valence-corrected chi connectivity index (χ0v) is 22.3. The second-order valence-corrected chi connectivity index (χ2v) is 8.89. The van der Waals surface area contributed by atoms with Gasteiger partial charge < -0.3 is 42.6 Å². The number of aliphatic hydroxyl groups is 1. The zero-order valence-electron chi connectivity index (χ0n) is 22.3. The third-order valence-electron chi connectivity index (χ3n) is 5.86. The minimum absolute atomic E-state index is 0.0616. The quantitative estimate of drug-likeness (QED) is 0.176. The lowest BCUT2D eigenvalue weighted by molar-refractivity contribution is -0.137. The van der Waals surface area contributed by atoms with E-state index in [9.17, 15) is 37.1 Å². The van der Waals surface area contributed by atoms with Gasteiger partial charge in [0.25, 0.3) is 0 Å². The van der Waals surface area contributed by atoms with Crippen molar-refractivity contribution in [2.24, 2.45) is 17.2 Å². The molecule has 0 aliphatic rings. The van der Waals surface area contributed by atoms with Gasteiger partial charge in [-0.2, -0.15) is 13.2 Å². The third kappa shape index (κ3) is 9.67. The van der Waals surface area contributed by atoms with Gasteiger partial charge in [-0.05, 0) is 36.8 Å². The Hall–Kier alpha value is -3.79. The molecule has 0 heterocycles. The maximum atomic E-state index is 14.3. The van der Waals surface area contributed by atoms with Crippen molar-refractivity contribution in [2.75, 3.05) is 38.1 Å². The maximum Gasteiger partial charge on any atom is 0.416 e. The molecular weight excluding hydrogens is 552 g/mol. The van der Waals surface area contributed by atoms with E-state index >= 15 is 0 Å². The van der Waals surface area contributed by atoms with Gasteiger partial charge in [-0.1, -0.05) is 12.1 Å². The lowest BCUT2D eigenvalue weighted by Gasteiger charge is -2.26. The van der Waals surface area contributed by atoms with Crippen molar-refractivity contribution >= 4 is 23.4 Å². The molecule has 3 atom stereocenters. The number of nitrogens with one attached hydrogen (secondary N) is 2. The van der Waals surface area contributed by atoms with Gasteiger partial charge in [0.15, 0.2) is 11.6 Å². The van der Waals surface area contributed by atoms with Gasteiger partial charge in [0.2, 0.25) is 17.7 Å². The minimum atomic E-state index is -4.65. The molecule has 226 valence electrons. The molecule has 0 unspecified atom stereocenters. The smallest absolute Gasteiger partial charge is 0.416 e. The molecule has 0 radical (unpaired) electrons. The van der Waals surface area contributed by atoms with Gasteiger partial charge in [-0.25, -0.2) is 4.39 Å². The highest BCUT2D eigenvalue weighted by Gasteiger charge is 2.34.